The van der Waals surface area contributed by atoms with Crippen LogP contribution in [-0.2, 0) is 17.9 Å². The van der Waals surface area contributed by atoms with Crippen LogP contribution < -0.4 is 5.32 Å². The molecular formula is C17H28N2O. The van der Waals surface area contributed by atoms with Crippen molar-refractivity contribution in [3.8, 4) is 0 Å². The first-order valence-corrected chi connectivity index (χ1v) is 7.93. The number of likely N-dealkylation sites (N-methyl/N-ethyl adjacent to an activating group) is 1. The van der Waals surface area contributed by atoms with Crippen molar-refractivity contribution < 1.29 is 4.74 Å². The summed E-state index contributed by atoms with van der Waals surface area (Å²) in [4.78, 5) is 2.39. The third-order valence-corrected chi connectivity index (χ3v) is 3.98. The molecule has 1 fully saturated rings. The average Bonchev–Trinajstić information content (AvgIpc) is 3.30. The van der Waals surface area contributed by atoms with Crippen molar-refractivity contribution >= 4 is 0 Å². The Balaban J connectivity index is 1.73. The Bertz CT molecular complexity index is 386. The van der Waals surface area contributed by atoms with E-state index < -0.39 is 0 Å². The van der Waals surface area contributed by atoms with Crippen molar-refractivity contribution in [2.45, 2.75) is 45.9 Å². The number of nitrogens with zero attached hydrogens (tertiary/aromatic N) is 1. The van der Waals surface area contributed by atoms with E-state index >= 15 is 0 Å². The molecule has 2 rings (SSSR count). The molecule has 0 heterocycles. The van der Waals surface area contributed by atoms with E-state index in [0.717, 1.165) is 45.4 Å². The van der Waals surface area contributed by atoms with Gasteiger partial charge in [-0.2, -0.15) is 0 Å². The number of hydrogen-bond acceptors (Lipinski definition) is 3. The van der Waals surface area contributed by atoms with Gasteiger partial charge in [-0.05, 0) is 37.1 Å². The molecular weight excluding hydrogens is 248 g/mol. The monoisotopic (exact) mass is 276 g/mol. The first-order valence-electron chi connectivity index (χ1n) is 7.93. The molecule has 1 saturated carbocycles. The molecule has 1 aliphatic rings. The maximum Gasteiger partial charge on any atom is 0.0720 e. The molecule has 3 heteroatoms. The third-order valence-electron chi connectivity index (χ3n) is 3.98. The Hall–Kier alpha value is -0.900. The number of ether oxygens (including phenoxy) is 1. The van der Waals surface area contributed by atoms with Crippen LogP contribution >= 0.6 is 0 Å². The molecule has 1 N–H and O–H groups in total. The van der Waals surface area contributed by atoms with Crippen LogP contribution in [0.1, 0.15) is 37.8 Å². The highest BCUT2D eigenvalue weighted by Gasteiger charge is 2.20. The highest BCUT2D eigenvalue weighted by atomic mass is 16.5. The van der Waals surface area contributed by atoms with Crippen molar-refractivity contribution in [1.82, 2.24) is 10.2 Å². The van der Waals surface area contributed by atoms with Crippen LogP contribution in [0.15, 0.2) is 24.3 Å². The lowest BCUT2D eigenvalue weighted by atomic mass is 10.1. The van der Waals surface area contributed by atoms with E-state index in [4.69, 9.17) is 4.74 Å². The van der Waals surface area contributed by atoms with Gasteiger partial charge in [-0.25, -0.2) is 0 Å². The highest BCUT2D eigenvalue weighted by molar-refractivity contribution is 5.26. The van der Waals surface area contributed by atoms with Crippen LogP contribution in [0.2, 0.25) is 0 Å². The Morgan fingerprint density at radius 1 is 1.15 bits per heavy atom. The van der Waals surface area contributed by atoms with E-state index in [2.05, 4.69) is 48.3 Å². The topological polar surface area (TPSA) is 24.5 Å². The number of nitrogens with one attached hydrogen (secondary N) is 1. The number of rotatable bonds is 10. The average molecular weight is 276 g/mol. The Labute approximate surface area is 123 Å². The fourth-order valence-corrected chi connectivity index (χ4v) is 2.33. The minimum absolute atomic E-state index is 0.726. The molecule has 20 heavy (non-hydrogen) atoms. The Morgan fingerprint density at radius 3 is 2.50 bits per heavy atom. The van der Waals surface area contributed by atoms with E-state index in [1.54, 1.807) is 0 Å². The molecule has 1 aromatic carbocycles. The summed E-state index contributed by atoms with van der Waals surface area (Å²) in [5, 5.41) is 3.58. The fourth-order valence-electron chi connectivity index (χ4n) is 2.33. The zero-order chi connectivity index (χ0) is 14.2. The third kappa shape index (κ3) is 5.23. The smallest absolute Gasteiger partial charge is 0.0720 e. The molecule has 0 spiro atoms. The summed E-state index contributed by atoms with van der Waals surface area (Å²) < 4.78 is 5.85. The number of hydrogen-bond donors (Lipinski definition) is 1. The lowest BCUT2D eigenvalue weighted by Gasteiger charge is -2.18. The summed E-state index contributed by atoms with van der Waals surface area (Å²) in [6.07, 6.45) is 2.67. The molecule has 0 amide bonds. The maximum atomic E-state index is 5.85. The molecule has 1 aliphatic carbocycles. The van der Waals surface area contributed by atoms with E-state index in [0.29, 0.717) is 0 Å². The molecule has 0 aliphatic heterocycles. The zero-order valence-corrected chi connectivity index (χ0v) is 12.9. The lowest BCUT2D eigenvalue weighted by molar-refractivity contribution is 0.0951. The molecule has 3 nitrogen and oxygen atoms in total. The van der Waals surface area contributed by atoms with Crippen molar-refractivity contribution in [1.29, 1.82) is 0 Å². The second-order valence-electron chi connectivity index (χ2n) is 5.50. The van der Waals surface area contributed by atoms with Gasteiger partial charge in [0, 0.05) is 19.1 Å². The van der Waals surface area contributed by atoms with Crippen molar-refractivity contribution in [2.75, 3.05) is 26.2 Å². The predicted octanol–water partition coefficient (Wildman–Crippen LogP) is 2.80. The van der Waals surface area contributed by atoms with Crippen LogP contribution in [0.25, 0.3) is 0 Å². The molecule has 1 aromatic rings. The molecule has 0 saturated heterocycles. The highest BCUT2D eigenvalue weighted by Crippen LogP contribution is 2.20. The van der Waals surface area contributed by atoms with Crippen molar-refractivity contribution in [3.63, 3.8) is 0 Å². The van der Waals surface area contributed by atoms with Gasteiger partial charge in [-0.1, -0.05) is 38.1 Å². The van der Waals surface area contributed by atoms with Gasteiger partial charge >= 0.3 is 0 Å². The fraction of sp³-hybridized carbons (Fsp3) is 0.647. The summed E-state index contributed by atoms with van der Waals surface area (Å²) >= 11 is 0. The molecule has 0 bridgehead atoms. The Morgan fingerprint density at radius 2 is 1.85 bits per heavy atom. The maximum absolute atomic E-state index is 5.85. The second-order valence-corrected chi connectivity index (χ2v) is 5.50. The van der Waals surface area contributed by atoms with Gasteiger partial charge in [0.1, 0.15) is 0 Å². The summed E-state index contributed by atoms with van der Waals surface area (Å²) in [7, 11) is 0. The quantitative estimate of drug-likeness (QED) is 0.665. The van der Waals surface area contributed by atoms with Gasteiger partial charge in [0.15, 0.2) is 0 Å². The van der Waals surface area contributed by atoms with Gasteiger partial charge in [0.25, 0.3) is 0 Å². The van der Waals surface area contributed by atoms with Gasteiger partial charge < -0.3 is 15.0 Å². The minimum Gasteiger partial charge on any atom is -0.375 e. The molecule has 0 atom stereocenters. The SMILES string of the molecule is CCN(CC)CCOCc1ccccc1CNC1CC1. The summed E-state index contributed by atoms with van der Waals surface area (Å²) in [5.74, 6) is 0. The largest absolute Gasteiger partial charge is 0.375 e. The van der Waals surface area contributed by atoms with E-state index in [1.165, 1.54) is 24.0 Å². The molecule has 0 radical (unpaired) electrons. The standard InChI is InChI=1S/C17H28N2O/c1-3-19(4-2)11-12-20-14-16-8-6-5-7-15(16)13-18-17-9-10-17/h5-8,17-18H,3-4,9-14H2,1-2H3. The summed E-state index contributed by atoms with van der Waals surface area (Å²) in [6.45, 7) is 10.1. The lowest BCUT2D eigenvalue weighted by Crippen LogP contribution is -2.27. The van der Waals surface area contributed by atoms with Crippen LogP contribution in [0.5, 0.6) is 0 Å². The first-order chi connectivity index (χ1) is 9.83. The van der Waals surface area contributed by atoms with E-state index in [1.807, 2.05) is 0 Å². The molecule has 0 unspecified atom stereocenters. The summed E-state index contributed by atoms with van der Waals surface area (Å²) in [6, 6.07) is 9.36. The van der Waals surface area contributed by atoms with Crippen LogP contribution in [0, 0.1) is 0 Å². The summed E-state index contributed by atoms with van der Waals surface area (Å²) in [5.41, 5.74) is 2.70. The van der Waals surface area contributed by atoms with Crippen LogP contribution in [0.3, 0.4) is 0 Å². The second kappa shape index (κ2) is 8.40. The molecule has 0 aromatic heterocycles. The van der Waals surface area contributed by atoms with Gasteiger partial charge in [-0.3, -0.25) is 0 Å². The normalized spacial score (nSPS) is 14.9. The Kier molecular flexibility index (Phi) is 6.51. The van der Waals surface area contributed by atoms with Gasteiger partial charge in [0.2, 0.25) is 0 Å². The van der Waals surface area contributed by atoms with Crippen molar-refractivity contribution in [2.24, 2.45) is 0 Å². The van der Waals surface area contributed by atoms with E-state index in [9.17, 15) is 0 Å². The predicted molar refractivity (Wildman–Crippen MR) is 83.7 cm³/mol. The van der Waals surface area contributed by atoms with E-state index in [-0.39, 0.29) is 0 Å². The molecule has 112 valence electrons. The zero-order valence-electron chi connectivity index (χ0n) is 12.9. The minimum atomic E-state index is 0.726. The van der Waals surface area contributed by atoms with Crippen molar-refractivity contribution in [3.05, 3.63) is 35.4 Å². The van der Waals surface area contributed by atoms with Gasteiger partial charge in [0.05, 0.1) is 13.2 Å². The van der Waals surface area contributed by atoms with Crippen LogP contribution in [0.4, 0.5) is 0 Å². The van der Waals surface area contributed by atoms with Gasteiger partial charge in [-0.15, -0.1) is 0 Å². The number of benzene rings is 1. The first kappa shape index (κ1) is 15.5. The van der Waals surface area contributed by atoms with Crippen LogP contribution in [-0.4, -0.2) is 37.2 Å².